The lowest BCUT2D eigenvalue weighted by molar-refractivity contribution is 0.672. The third-order valence-corrected chi connectivity index (χ3v) is 8.71. The van der Waals surface area contributed by atoms with Gasteiger partial charge in [0, 0.05) is 27.6 Å². The zero-order chi connectivity index (χ0) is 31.2. The minimum absolute atomic E-state index is 0.620. The second kappa shape index (κ2) is 11.2. The normalized spacial score (nSPS) is 11.4. The third-order valence-electron chi connectivity index (χ3n) is 8.71. The van der Waals surface area contributed by atoms with Gasteiger partial charge in [-0.05, 0) is 29.3 Å². The highest BCUT2D eigenvalue weighted by Gasteiger charge is 2.21. The van der Waals surface area contributed by atoms with Gasteiger partial charge in [-0.15, -0.1) is 0 Å². The Kier molecular flexibility index (Phi) is 6.43. The molecule has 220 valence electrons. The summed E-state index contributed by atoms with van der Waals surface area (Å²) in [5, 5.41) is 2.92. The summed E-state index contributed by atoms with van der Waals surface area (Å²) in [7, 11) is 0. The van der Waals surface area contributed by atoms with Gasteiger partial charge < -0.3 is 4.42 Å². The van der Waals surface area contributed by atoms with Crippen molar-refractivity contribution in [3.05, 3.63) is 164 Å². The van der Waals surface area contributed by atoms with E-state index in [1.54, 1.807) is 0 Å². The number of furan rings is 1. The van der Waals surface area contributed by atoms with Crippen LogP contribution in [0.2, 0.25) is 0 Å². The molecule has 9 aromatic rings. The fraction of sp³-hybridized carbons (Fsp3) is 0. The van der Waals surface area contributed by atoms with Crippen molar-refractivity contribution >= 4 is 32.8 Å². The van der Waals surface area contributed by atoms with Crippen LogP contribution in [0, 0.1) is 0 Å². The van der Waals surface area contributed by atoms with Gasteiger partial charge in [0.1, 0.15) is 11.2 Å². The van der Waals surface area contributed by atoms with Crippen molar-refractivity contribution in [2.45, 2.75) is 0 Å². The van der Waals surface area contributed by atoms with E-state index in [1.165, 1.54) is 5.56 Å². The Hall–Kier alpha value is -6.39. The molecule has 3 heterocycles. The van der Waals surface area contributed by atoms with E-state index in [0.29, 0.717) is 5.82 Å². The Labute approximate surface area is 271 Å². The van der Waals surface area contributed by atoms with Crippen molar-refractivity contribution < 1.29 is 4.42 Å². The van der Waals surface area contributed by atoms with Gasteiger partial charge in [0.05, 0.1) is 33.4 Å². The maximum Gasteiger partial charge on any atom is 0.161 e. The molecule has 0 aliphatic carbocycles. The number of fused-ring (bicyclic) bond motifs is 5. The molecule has 0 saturated heterocycles. The van der Waals surface area contributed by atoms with Gasteiger partial charge in [0.2, 0.25) is 0 Å². The van der Waals surface area contributed by atoms with Crippen molar-refractivity contribution in [2.75, 3.05) is 0 Å². The highest BCUT2D eigenvalue weighted by atomic mass is 16.3. The van der Waals surface area contributed by atoms with Crippen LogP contribution in [0.5, 0.6) is 0 Å². The summed E-state index contributed by atoms with van der Waals surface area (Å²) in [5.74, 6) is 0.620. The standard InChI is InChI=1S/C43H27N3O/c1-4-13-28(14-5-1)29-23-25-31(26-24-29)37-27-36(30-15-6-2-7-16-30)45-43(46-37)34-20-12-21-35-39(34)42-40(33-19-10-11-22-38(33)47-42)41(44-35)32-17-8-3-9-18-32/h1-27H. The first-order valence-corrected chi connectivity index (χ1v) is 15.7. The number of benzene rings is 6. The average molecular weight is 602 g/mol. The number of para-hydroxylation sites is 1. The molecule has 0 radical (unpaired) electrons. The van der Waals surface area contributed by atoms with Gasteiger partial charge in [0.25, 0.3) is 0 Å². The monoisotopic (exact) mass is 601 g/mol. The van der Waals surface area contributed by atoms with Crippen LogP contribution in [0.1, 0.15) is 0 Å². The molecule has 47 heavy (non-hydrogen) atoms. The molecule has 6 aromatic carbocycles. The third kappa shape index (κ3) is 4.75. The quantitative estimate of drug-likeness (QED) is 0.197. The van der Waals surface area contributed by atoms with Crippen LogP contribution in [-0.4, -0.2) is 15.0 Å². The minimum atomic E-state index is 0.620. The smallest absolute Gasteiger partial charge is 0.161 e. The first kappa shape index (κ1) is 27.0. The topological polar surface area (TPSA) is 51.8 Å². The van der Waals surface area contributed by atoms with E-state index in [4.69, 9.17) is 19.4 Å². The van der Waals surface area contributed by atoms with Gasteiger partial charge >= 0.3 is 0 Å². The zero-order valence-electron chi connectivity index (χ0n) is 25.3. The SMILES string of the molecule is c1ccc(-c2ccc(-c3cc(-c4ccccc4)nc(-c4cccc5nc(-c6ccccc6)c6c7ccccc7oc6c45)n3)cc2)cc1. The number of hydrogen-bond donors (Lipinski definition) is 0. The van der Waals surface area contributed by atoms with E-state index in [1.807, 2.05) is 72.8 Å². The van der Waals surface area contributed by atoms with Crippen molar-refractivity contribution in [1.29, 1.82) is 0 Å². The van der Waals surface area contributed by atoms with Gasteiger partial charge in [-0.25, -0.2) is 15.0 Å². The Morgan fingerprint density at radius 1 is 0.404 bits per heavy atom. The lowest BCUT2D eigenvalue weighted by Gasteiger charge is -2.13. The molecule has 0 amide bonds. The molecular weight excluding hydrogens is 574 g/mol. The lowest BCUT2D eigenvalue weighted by atomic mass is 9.99. The molecule has 0 fully saturated rings. The van der Waals surface area contributed by atoms with Gasteiger partial charge in [-0.2, -0.15) is 0 Å². The van der Waals surface area contributed by atoms with Gasteiger partial charge in [-0.3, -0.25) is 0 Å². The van der Waals surface area contributed by atoms with E-state index in [0.717, 1.165) is 77.7 Å². The number of aromatic nitrogens is 3. The molecule has 0 bridgehead atoms. The van der Waals surface area contributed by atoms with E-state index < -0.39 is 0 Å². The fourth-order valence-electron chi connectivity index (χ4n) is 6.43. The highest BCUT2D eigenvalue weighted by molar-refractivity contribution is 6.21. The van der Waals surface area contributed by atoms with Crippen LogP contribution >= 0.6 is 0 Å². The first-order chi connectivity index (χ1) is 23.3. The molecule has 4 nitrogen and oxygen atoms in total. The molecular formula is C43H27N3O. The number of rotatable bonds is 5. The second-order valence-corrected chi connectivity index (χ2v) is 11.6. The molecule has 0 unspecified atom stereocenters. The number of pyridine rings is 1. The second-order valence-electron chi connectivity index (χ2n) is 11.6. The number of nitrogens with zero attached hydrogens (tertiary/aromatic N) is 3. The van der Waals surface area contributed by atoms with Crippen LogP contribution in [-0.2, 0) is 0 Å². The van der Waals surface area contributed by atoms with E-state index in [9.17, 15) is 0 Å². The largest absolute Gasteiger partial charge is 0.455 e. The Balaban J connectivity index is 1.30. The van der Waals surface area contributed by atoms with E-state index in [2.05, 4.69) is 91.0 Å². The predicted octanol–water partition coefficient (Wildman–Crippen LogP) is 11.3. The summed E-state index contributed by atoms with van der Waals surface area (Å²) in [6, 6.07) is 56.0. The Bertz CT molecular complexity index is 2540. The molecule has 0 aliphatic heterocycles. The maximum absolute atomic E-state index is 6.68. The van der Waals surface area contributed by atoms with E-state index >= 15 is 0 Å². The molecule has 0 saturated carbocycles. The van der Waals surface area contributed by atoms with Crippen molar-refractivity contribution in [1.82, 2.24) is 15.0 Å². The van der Waals surface area contributed by atoms with Gasteiger partial charge in [0.15, 0.2) is 5.82 Å². The summed E-state index contributed by atoms with van der Waals surface area (Å²) in [6.45, 7) is 0. The highest BCUT2D eigenvalue weighted by Crippen LogP contribution is 2.42. The summed E-state index contributed by atoms with van der Waals surface area (Å²) in [5.41, 5.74) is 11.3. The summed E-state index contributed by atoms with van der Waals surface area (Å²) < 4.78 is 6.68. The van der Waals surface area contributed by atoms with Crippen molar-refractivity contribution in [2.24, 2.45) is 0 Å². The van der Waals surface area contributed by atoms with Gasteiger partial charge in [-0.1, -0.05) is 146 Å². The van der Waals surface area contributed by atoms with Crippen LogP contribution in [0.25, 0.3) is 89.1 Å². The lowest BCUT2D eigenvalue weighted by Crippen LogP contribution is -1.97. The zero-order valence-corrected chi connectivity index (χ0v) is 25.3. The van der Waals surface area contributed by atoms with Crippen LogP contribution in [0.4, 0.5) is 0 Å². The molecule has 9 rings (SSSR count). The molecule has 0 aliphatic rings. The molecule has 3 aromatic heterocycles. The molecule has 0 atom stereocenters. The van der Waals surface area contributed by atoms with Crippen LogP contribution in [0.15, 0.2) is 168 Å². The Morgan fingerprint density at radius 2 is 0.957 bits per heavy atom. The summed E-state index contributed by atoms with van der Waals surface area (Å²) in [6.07, 6.45) is 0. The predicted molar refractivity (Wildman–Crippen MR) is 192 cm³/mol. The Morgan fingerprint density at radius 3 is 1.66 bits per heavy atom. The number of hydrogen-bond acceptors (Lipinski definition) is 4. The fourth-order valence-corrected chi connectivity index (χ4v) is 6.43. The summed E-state index contributed by atoms with van der Waals surface area (Å²) >= 11 is 0. The molecule has 4 heteroatoms. The maximum atomic E-state index is 6.68. The summed E-state index contributed by atoms with van der Waals surface area (Å²) in [4.78, 5) is 15.7. The van der Waals surface area contributed by atoms with Crippen LogP contribution in [0.3, 0.4) is 0 Å². The first-order valence-electron chi connectivity index (χ1n) is 15.7. The van der Waals surface area contributed by atoms with Crippen molar-refractivity contribution in [3.63, 3.8) is 0 Å². The van der Waals surface area contributed by atoms with E-state index in [-0.39, 0.29) is 0 Å². The van der Waals surface area contributed by atoms with Crippen molar-refractivity contribution in [3.8, 4) is 56.3 Å². The molecule has 0 spiro atoms. The minimum Gasteiger partial charge on any atom is -0.455 e. The van der Waals surface area contributed by atoms with Crippen LogP contribution < -0.4 is 0 Å². The molecule has 0 N–H and O–H groups in total. The average Bonchev–Trinajstić information content (AvgIpc) is 3.55.